The largest absolute Gasteiger partial charge is 0.748 e. The van der Waals surface area contributed by atoms with Crippen molar-refractivity contribution >= 4 is 43.9 Å². The summed E-state index contributed by atoms with van der Waals surface area (Å²) in [6.45, 7) is 3.56. The number of hydrogen-bond donors (Lipinski definition) is 1. The zero-order chi connectivity index (χ0) is 26.9. The highest BCUT2D eigenvalue weighted by atomic mass is 32.2. The molecule has 0 amide bonds. The second-order valence-corrected chi connectivity index (χ2v) is 10.2. The summed E-state index contributed by atoms with van der Waals surface area (Å²) in [5.74, 6) is -1.42. The molecule has 10 heteroatoms. The molecule has 0 aliphatic heterocycles. The fourth-order valence-corrected chi connectivity index (χ4v) is 4.99. The Bertz CT molecular complexity index is 1640. The number of benzene rings is 3. The standard InChI is InChI=1S/C27H25NO8S/c1-16-13-18(26(29)30)14-17(2)25(16)36-27(31)24-20-7-4-5-8-22(20)28(11-6-12-37(32,33)34)23-15-19(35-3)9-10-21(23)24/h4-5,7-10,13-15H,6,11-12H2,1-3H3,(H-,29,30,32,33,34). The van der Waals surface area contributed by atoms with Gasteiger partial charge in [0.2, 0.25) is 11.0 Å². The van der Waals surface area contributed by atoms with E-state index in [9.17, 15) is 27.7 Å². The molecule has 0 fully saturated rings. The lowest BCUT2D eigenvalue weighted by atomic mass is 10.0. The summed E-state index contributed by atoms with van der Waals surface area (Å²) in [5, 5.41) is 10.4. The van der Waals surface area contributed by atoms with Crippen molar-refractivity contribution in [2.24, 2.45) is 0 Å². The van der Waals surface area contributed by atoms with E-state index < -0.39 is 27.8 Å². The van der Waals surface area contributed by atoms with Crippen molar-refractivity contribution in [2.75, 3.05) is 12.9 Å². The Morgan fingerprint density at radius 1 is 0.973 bits per heavy atom. The number of carbonyl (C=O) groups is 2. The van der Waals surface area contributed by atoms with Crippen molar-refractivity contribution in [1.82, 2.24) is 0 Å². The van der Waals surface area contributed by atoms with Crippen LogP contribution < -0.4 is 14.0 Å². The molecule has 0 atom stereocenters. The fraction of sp³-hybridized carbons (Fsp3) is 0.222. The smallest absolute Gasteiger partial charge is 0.345 e. The van der Waals surface area contributed by atoms with Gasteiger partial charge in [0.25, 0.3) is 0 Å². The van der Waals surface area contributed by atoms with Gasteiger partial charge < -0.3 is 19.1 Å². The molecular weight excluding hydrogens is 498 g/mol. The van der Waals surface area contributed by atoms with Crippen LogP contribution in [-0.4, -0.2) is 42.9 Å². The number of methoxy groups -OCH3 is 1. The quantitative estimate of drug-likeness (QED) is 0.121. The minimum atomic E-state index is -4.39. The predicted octanol–water partition coefficient (Wildman–Crippen LogP) is 3.76. The summed E-state index contributed by atoms with van der Waals surface area (Å²) < 4.78 is 46.7. The normalized spacial score (nSPS) is 11.6. The molecule has 0 saturated heterocycles. The first-order valence-corrected chi connectivity index (χ1v) is 13.0. The van der Waals surface area contributed by atoms with E-state index in [2.05, 4.69) is 0 Å². The van der Waals surface area contributed by atoms with Crippen molar-refractivity contribution in [2.45, 2.75) is 26.8 Å². The molecule has 0 unspecified atom stereocenters. The molecule has 1 heterocycles. The first kappa shape index (κ1) is 26.1. The van der Waals surface area contributed by atoms with E-state index in [1.54, 1.807) is 56.3 Å². The third-order valence-corrected chi connectivity index (χ3v) is 6.90. The summed E-state index contributed by atoms with van der Waals surface area (Å²) in [6, 6.07) is 15.2. The Kier molecular flexibility index (Phi) is 7.15. The number of pyridine rings is 1. The number of esters is 1. The van der Waals surface area contributed by atoms with E-state index in [1.807, 2.05) is 4.57 Å². The number of para-hydroxylation sites is 1. The lowest BCUT2D eigenvalue weighted by molar-refractivity contribution is -0.645. The summed E-state index contributed by atoms with van der Waals surface area (Å²) in [7, 11) is -2.87. The molecule has 37 heavy (non-hydrogen) atoms. The number of aryl methyl sites for hydroxylation is 3. The lowest BCUT2D eigenvalue weighted by Crippen LogP contribution is -2.37. The molecule has 0 saturated carbocycles. The van der Waals surface area contributed by atoms with Gasteiger partial charge in [-0.25, -0.2) is 18.0 Å². The molecule has 4 rings (SSSR count). The maximum absolute atomic E-state index is 13.7. The van der Waals surface area contributed by atoms with Crippen LogP contribution in [0.3, 0.4) is 0 Å². The number of carboxylic acids is 1. The minimum Gasteiger partial charge on any atom is -0.748 e. The van der Waals surface area contributed by atoms with Gasteiger partial charge in [0.15, 0.2) is 6.54 Å². The van der Waals surface area contributed by atoms with Crippen LogP contribution in [0.2, 0.25) is 0 Å². The average Bonchev–Trinajstić information content (AvgIpc) is 2.84. The maximum Gasteiger partial charge on any atom is 0.345 e. The van der Waals surface area contributed by atoms with Gasteiger partial charge in [-0.3, -0.25) is 0 Å². The van der Waals surface area contributed by atoms with Gasteiger partial charge in [-0.2, -0.15) is 4.57 Å². The summed E-state index contributed by atoms with van der Waals surface area (Å²) >= 11 is 0. The van der Waals surface area contributed by atoms with Crippen molar-refractivity contribution in [3.8, 4) is 11.5 Å². The van der Waals surface area contributed by atoms with Gasteiger partial charge in [0.05, 0.1) is 45.2 Å². The SMILES string of the molecule is COc1ccc2c(C(=O)Oc3c(C)cc(C(=O)O)cc3C)c3ccccc3[n+](CCCS(=O)(=O)[O-])c2c1. The van der Waals surface area contributed by atoms with Gasteiger partial charge >= 0.3 is 11.9 Å². The number of rotatable bonds is 8. The Morgan fingerprint density at radius 2 is 1.62 bits per heavy atom. The minimum absolute atomic E-state index is 0.0882. The molecule has 0 bridgehead atoms. The Labute approximate surface area is 213 Å². The van der Waals surface area contributed by atoms with Crippen LogP contribution in [0.4, 0.5) is 0 Å². The molecule has 0 aliphatic carbocycles. The van der Waals surface area contributed by atoms with Crippen molar-refractivity contribution in [3.05, 3.63) is 76.9 Å². The zero-order valence-electron chi connectivity index (χ0n) is 20.5. The summed E-state index contributed by atoms with van der Waals surface area (Å²) in [5.41, 5.74) is 2.65. The first-order valence-electron chi connectivity index (χ1n) is 11.4. The maximum atomic E-state index is 13.7. The summed E-state index contributed by atoms with van der Waals surface area (Å²) in [4.78, 5) is 25.1. The Morgan fingerprint density at radius 3 is 2.24 bits per heavy atom. The van der Waals surface area contributed by atoms with E-state index in [0.717, 1.165) is 0 Å². The van der Waals surface area contributed by atoms with Crippen molar-refractivity contribution in [3.63, 3.8) is 0 Å². The molecule has 0 radical (unpaired) electrons. The number of carboxylic acid groups (broad SMARTS) is 1. The monoisotopic (exact) mass is 523 g/mol. The second-order valence-electron chi connectivity index (χ2n) is 8.68. The van der Waals surface area contributed by atoms with Crippen LogP contribution in [0, 0.1) is 13.8 Å². The van der Waals surface area contributed by atoms with E-state index in [-0.39, 0.29) is 24.3 Å². The molecule has 1 aromatic heterocycles. The number of fused-ring (bicyclic) bond motifs is 2. The molecule has 9 nitrogen and oxygen atoms in total. The Hall–Kier alpha value is -4.02. The van der Waals surface area contributed by atoms with Gasteiger partial charge in [0, 0.05) is 18.2 Å². The average molecular weight is 524 g/mol. The van der Waals surface area contributed by atoms with Gasteiger partial charge in [-0.05, 0) is 55.3 Å². The van der Waals surface area contributed by atoms with Crippen molar-refractivity contribution < 1.29 is 41.7 Å². The third-order valence-electron chi connectivity index (χ3n) is 6.11. The topological polar surface area (TPSA) is 134 Å². The van der Waals surface area contributed by atoms with Crippen LogP contribution in [0.5, 0.6) is 11.5 Å². The molecule has 0 spiro atoms. The predicted molar refractivity (Wildman–Crippen MR) is 135 cm³/mol. The van der Waals surface area contributed by atoms with Crippen LogP contribution in [-0.2, 0) is 16.7 Å². The molecular formula is C27H25NO8S. The lowest BCUT2D eigenvalue weighted by Gasteiger charge is -2.15. The number of aromatic carboxylic acids is 1. The fourth-order valence-electron chi connectivity index (χ4n) is 4.51. The summed E-state index contributed by atoms with van der Waals surface area (Å²) in [6.07, 6.45) is 0.0882. The highest BCUT2D eigenvalue weighted by Crippen LogP contribution is 2.31. The Balaban J connectivity index is 1.90. The zero-order valence-corrected chi connectivity index (χ0v) is 21.3. The van der Waals surface area contributed by atoms with Crippen LogP contribution in [0.1, 0.15) is 38.3 Å². The first-order chi connectivity index (χ1) is 17.5. The van der Waals surface area contributed by atoms with Gasteiger partial charge in [-0.1, -0.05) is 12.1 Å². The van der Waals surface area contributed by atoms with E-state index in [4.69, 9.17) is 9.47 Å². The van der Waals surface area contributed by atoms with E-state index >= 15 is 0 Å². The number of nitrogens with zero attached hydrogens (tertiary/aromatic N) is 1. The van der Waals surface area contributed by atoms with E-state index in [0.29, 0.717) is 44.2 Å². The van der Waals surface area contributed by atoms with Gasteiger partial charge in [0.1, 0.15) is 11.5 Å². The van der Waals surface area contributed by atoms with Crippen LogP contribution in [0.15, 0.2) is 54.6 Å². The highest BCUT2D eigenvalue weighted by Gasteiger charge is 2.27. The molecule has 0 aliphatic rings. The van der Waals surface area contributed by atoms with Gasteiger partial charge in [-0.15, -0.1) is 0 Å². The number of ether oxygens (including phenoxy) is 2. The number of carbonyl (C=O) groups excluding carboxylic acids is 1. The third kappa shape index (κ3) is 5.40. The van der Waals surface area contributed by atoms with Crippen LogP contribution >= 0.6 is 0 Å². The second kappa shape index (κ2) is 10.2. The molecule has 1 N–H and O–H groups in total. The van der Waals surface area contributed by atoms with Crippen molar-refractivity contribution in [1.29, 1.82) is 0 Å². The molecule has 3 aromatic carbocycles. The van der Waals surface area contributed by atoms with Crippen LogP contribution in [0.25, 0.3) is 21.8 Å². The number of hydrogen-bond acceptors (Lipinski definition) is 7. The number of aromatic nitrogens is 1. The molecule has 4 aromatic rings. The molecule has 192 valence electrons. The highest BCUT2D eigenvalue weighted by molar-refractivity contribution is 7.85. The van der Waals surface area contributed by atoms with E-state index in [1.165, 1.54) is 19.2 Å².